The van der Waals surface area contributed by atoms with Crippen molar-refractivity contribution in [2.75, 3.05) is 6.54 Å². The second-order valence-corrected chi connectivity index (χ2v) is 6.39. The molecular weight excluding hydrogens is 268 g/mol. The summed E-state index contributed by atoms with van der Waals surface area (Å²) >= 11 is 0. The van der Waals surface area contributed by atoms with E-state index >= 15 is 0 Å². The second kappa shape index (κ2) is 5.95. The molecule has 2 fully saturated rings. The summed E-state index contributed by atoms with van der Waals surface area (Å²) in [6, 6.07) is 0. The molecule has 1 aromatic heterocycles. The number of imide groups is 1. The van der Waals surface area contributed by atoms with Crippen LogP contribution in [-0.4, -0.2) is 38.4 Å². The van der Waals surface area contributed by atoms with Crippen LogP contribution < -0.4 is 0 Å². The number of rotatable bonds is 4. The third-order valence-corrected chi connectivity index (χ3v) is 4.83. The highest BCUT2D eigenvalue weighted by Crippen LogP contribution is 2.45. The zero-order valence-electron chi connectivity index (χ0n) is 12.3. The summed E-state index contributed by atoms with van der Waals surface area (Å²) in [6.07, 6.45) is 9.67. The molecule has 1 aliphatic carbocycles. The molecule has 0 unspecified atom stereocenters. The van der Waals surface area contributed by atoms with Gasteiger partial charge in [0.15, 0.2) is 0 Å². The van der Waals surface area contributed by atoms with Crippen molar-refractivity contribution in [3.8, 4) is 0 Å². The Morgan fingerprint density at radius 3 is 2.48 bits per heavy atom. The number of likely N-dealkylation sites (tertiary alicyclic amines) is 1. The van der Waals surface area contributed by atoms with Gasteiger partial charge in [-0.3, -0.25) is 19.6 Å². The van der Waals surface area contributed by atoms with E-state index < -0.39 is 0 Å². The molecule has 6 heteroatoms. The average molecular weight is 290 g/mol. The van der Waals surface area contributed by atoms with Gasteiger partial charge in [0.05, 0.1) is 0 Å². The molecule has 0 bridgehead atoms. The Bertz CT molecular complexity index is 486. The maximum Gasteiger partial charge on any atom is 0.229 e. The third kappa shape index (κ3) is 3.14. The maximum absolute atomic E-state index is 12.3. The molecule has 0 atom stereocenters. The lowest BCUT2D eigenvalue weighted by atomic mass is 9.67. The molecule has 1 aliphatic heterocycles. The van der Waals surface area contributed by atoms with E-state index in [4.69, 9.17) is 0 Å². The predicted molar refractivity (Wildman–Crippen MR) is 76.2 cm³/mol. The molecule has 1 aromatic rings. The summed E-state index contributed by atoms with van der Waals surface area (Å²) in [7, 11) is 0. The minimum atomic E-state index is -0.0200. The molecule has 0 aromatic carbocycles. The SMILES string of the molecule is O=C1CC2(CCCCC2)CC(=O)N1CCCc1ncn[nH]1. The number of aromatic nitrogens is 3. The van der Waals surface area contributed by atoms with E-state index in [1.807, 2.05) is 0 Å². The van der Waals surface area contributed by atoms with Gasteiger partial charge in [0.25, 0.3) is 0 Å². The number of carbonyl (C=O) groups is 2. The Balaban J connectivity index is 1.55. The Kier molecular flexibility index (Phi) is 4.03. The van der Waals surface area contributed by atoms with Crippen molar-refractivity contribution >= 4 is 11.8 Å². The number of nitrogens with zero attached hydrogens (tertiary/aromatic N) is 3. The van der Waals surface area contributed by atoms with Gasteiger partial charge in [0, 0.05) is 25.8 Å². The quantitative estimate of drug-likeness (QED) is 0.858. The maximum atomic E-state index is 12.3. The van der Waals surface area contributed by atoms with Gasteiger partial charge in [-0.15, -0.1) is 0 Å². The number of hydrogen-bond donors (Lipinski definition) is 1. The number of H-pyrrole nitrogens is 1. The first-order valence-corrected chi connectivity index (χ1v) is 7.86. The van der Waals surface area contributed by atoms with Gasteiger partial charge in [-0.25, -0.2) is 4.98 Å². The molecule has 3 rings (SSSR count). The first kappa shape index (κ1) is 14.2. The first-order chi connectivity index (χ1) is 10.2. The lowest BCUT2D eigenvalue weighted by molar-refractivity contribution is -0.154. The van der Waals surface area contributed by atoms with Crippen LogP contribution >= 0.6 is 0 Å². The highest BCUT2D eigenvalue weighted by Gasteiger charge is 2.43. The van der Waals surface area contributed by atoms with Crippen molar-refractivity contribution in [1.82, 2.24) is 20.1 Å². The smallest absolute Gasteiger partial charge is 0.229 e. The summed E-state index contributed by atoms with van der Waals surface area (Å²) < 4.78 is 0. The van der Waals surface area contributed by atoms with E-state index in [0.29, 0.717) is 25.8 Å². The van der Waals surface area contributed by atoms with E-state index in [0.717, 1.165) is 37.9 Å². The lowest BCUT2D eigenvalue weighted by Gasteiger charge is -2.42. The van der Waals surface area contributed by atoms with Crippen LogP contribution in [0.3, 0.4) is 0 Å². The minimum Gasteiger partial charge on any atom is -0.283 e. The molecule has 1 spiro atoms. The Morgan fingerprint density at radius 1 is 1.14 bits per heavy atom. The van der Waals surface area contributed by atoms with Crippen molar-refractivity contribution < 1.29 is 9.59 Å². The lowest BCUT2D eigenvalue weighted by Crippen LogP contribution is -2.48. The number of amides is 2. The number of aryl methyl sites for hydroxylation is 1. The number of nitrogens with one attached hydrogen (secondary N) is 1. The molecule has 114 valence electrons. The molecule has 0 radical (unpaired) electrons. The topological polar surface area (TPSA) is 79.0 Å². The summed E-state index contributed by atoms with van der Waals surface area (Å²) in [5.41, 5.74) is -0.0200. The second-order valence-electron chi connectivity index (χ2n) is 6.39. The normalized spacial score (nSPS) is 22.0. The monoisotopic (exact) mass is 290 g/mol. The Morgan fingerprint density at radius 2 is 1.86 bits per heavy atom. The van der Waals surface area contributed by atoms with Crippen molar-refractivity contribution in [2.24, 2.45) is 5.41 Å². The molecule has 21 heavy (non-hydrogen) atoms. The summed E-state index contributed by atoms with van der Waals surface area (Å²) in [5, 5.41) is 6.59. The molecule has 1 saturated carbocycles. The van der Waals surface area contributed by atoms with Gasteiger partial charge in [-0.1, -0.05) is 19.3 Å². The van der Waals surface area contributed by atoms with Gasteiger partial charge >= 0.3 is 0 Å². The molecule has 2 aliphatic rings. The van der Waals surface area contributed by atoms with E-state index in [2.05, 4.69) is 15.2 Å². The largest absolute Gasteiger partial charge is 0.283 e. The molecule has 2 amide bonds. The van der Waals surface area contributed by atoms with Crippen molar-refractivity contribution in [2.45, 2.75) is 57.8 Å². The van der Waals surface area contributed by atoms with Crippen LogP contribution in [0.1, 0.15) is 57.2 Å². The van der Waals surface area contributed by atoms with E-state index in [9.17, 15) is 9.59 Å². The zero-order valence-corrected chi connectivity index (χ0v) is 12.3. The van der Waals surface area contributed by atoms with Gasteiger partial charge in [0.1, 0.15) is 12.2 Å². The standard InChI is InChI=1S/C15H22N4O2/c20-13-9-15(6-2-1-3-7-15)10-14(21)19(13)8-4-5-12-16-11-17-18-12/h11H,1-10H2,(H,16,17,18). The van der Waals surface area contributed by atoms with Crippen LogP contribution in [0.2, 0.25) is 0 Å². The van der Waals surface area contributed by atoms with Crippen molar-refractivity contribution in [1.29, 1.82) is 0 Å². The van der Waals surface area contributed by atoms with Gasteiger partial charge in [-0.2, -0.15) is 5.10 Å². The van der Waals surface area contributed by atoms with Crippen LogP contribution in [0.4, 0.5) is 0 Å². The first-order valence-electron chi connectivity index (χ1n) is 7.86. The average Bonchev–Trinajstić information content (AvgIpc) is 2.96. The van der Waals surface area contributed by atoms with Crippen LogP contribution in [0.5, 0.6) is 0 Å². The van der Waals surface area contributed by atoms with Gasteiger partial charge < -0.3 is 0 Å². The third-order valence-electron chi connectivity index (χ3n) is 4.83. The fraction of sp³-hybridized carbons (Fsp3) is 0.733. The molecule has 1 N–H and O–H groups in total. The molecule has 6 nitrogen and oxygen atoms in total. The van der Waals surface area contributed by atoms with E-state index in [-0.39, 0.29) is 17.2 Å². The van der Waals surface area contributed by atoms with E-state index in [1.165, 1.54) is 17.6 Å². The minimum absolute atomic E-state index is 0.0192. The van der Waals surface area contributed by atoms with Crippen LogP contribution in [0, 0.1) is 5.41 Å². The fourth-order valence-corrected chi connectivity index (χ4v) is 3.69. The van der Waals surface area contributed by atoms with Gasteiger partial charge in [0.2, 0.25) is 11.8 Å². The van der Waals surface area contributed by atoms with Crippen molar-refractivity contribution in [3.05, 3.63) is 12.2 Å². The van der Waals surface area contributed by atoms with Crippen molar-refractivity contribution in [3.63, 3.8) is 0 Å². The number of aromatic amines is 1. The highest BCUT2D eigenvalue weighted by atomic mass is 16.2. The summed E-state index contributed by atoms with van der Waals surface area (Å²) in [5.74, 6) is 0.840. The van der Waals surface area contributed by atoms with Crippen LogP contribution in [0.15, 0.2) is 6.33 Å². The van der Waals surface area contributed by atoms with Crippen LogP contribution in [-0.2, 0) is 16.0 Å². The van der Waals surface area contributed by atoms with E-state index in [1.54, 1.807) is 0 Å². The number of carbonyl (C=O) groups excluding carboxylic acids is 2. The summed E-state index contributed by atoms with van der Waals surface area (Å²) in [4.78, 5) is 30.2. The predicted octanol–water partition coefficient (Wildman–Crippen LogP) is 1.84. The Hall–Kier alpha value is -1.72. The van der Waals surface area contributed by atoms with Crippen LogP contribution in [0.25, 0.3) is 0 Å². The highest BCUT2D eigenvalue weighted by molar-refractivity contribution is 5.98. The number of hydrogen-bond acceptors (Lipinski definition) is 4. The molecule has 1 saturated heterocycles. The zero-order chi connectivity index (χ0) is 14.7. The fourth-order valence-electron chi connectivity index (χ4n) is 3.69. The Labute approximate surface area is 124 Å². The molecular formula is C15H22N4O2. The van der Waals surface area contributed by atoms with Gasteiger partial charge in [-0.05, 0) is 24.7 Å². The molecule has 2 heterocycles. The summed E-state index contributed by atoms with van der Waals surface area (Å²) in [6.45, 7) is 0.494. The number of piperidine rings is 1.